The van der Waals surface area contributed by atoms with Crippen LogP contribution in [0.25, 0.3) is 5.52 Å². The van der Waals surface area contributed by atoms with Gasteiger partial charge < -0.3 is 10.6 Å². The first-order valence-electron chi connectivity index (χ1n) is 8.76. The maximum atomic E-state index is 12.8. The van der Waals surface area contributed by atoms with Gasteiger partial charge in [-0.3, -0.25) is 14.0 Å². The maximum absolute atomic E-state index is 12.8. The Kier molecular flexibility index (Phi) is 5.46. The normalized spacial score (nSPS) is 12.0. The molecule has 2 amide bonds. The lowest BCUT2D eigenvalue weighted by Crippen LogP contribution is -2.32. The molecule has 0 aliphatic carbocycles. The van der Waals surface area contributed by atoms with Crippen LogP contribution < -0.4 is 10.6 Å². The van der Waals surface area contributed by atoms with Crippen molar-refractivity contribution in [2.45, 2.75) is 33.2 Å². The number of halogens is 1. The third-order valence-corrected chi connectivity index (χ3v) is 4.79. The highest BCUT2D eigenvalue weighted by atomic mass is 35.5. The molecule has 0 radical (unpaired) electrons. The molecule has 27 heavy (non-hydrogen) atoms. The molecule has 2 heterocycles. The summed E-state index contributed by atoms with van der Waals surface area (Å²) in [6, 6.07) is 10.6. The Morgan fingerprint density at radius 2 is 2.00 bits per heavy atom. The van der Waals surface area contributed by atoms with Gasteiger partial charge in [0, 0.05) is 22.9 Å². The summed E-state index contributed by atoms with van der Waals surface area (Å²) in [4.78, 5) is 29.7. The van der Waals surface area contributed by atoms with Gasteiger partial charge in [0.25, 0.3) is 11.8 Å². The standard InChI is InChI=1S/C20H21ClN4O2/c1-4-13(3)22-19(26)17-16-7-5-6-10-25(16)18(24-17)20(27)23-14-9-8-12(2)15(21)11-14/h5-11,13H,4H2,1-3H3,(H,22,26)(H,23,27). The van der Waals surface area contributed by atoms with Gasteiger partial charge in [0.2, 0.25) is 5.82 Å². The summed E-state index contributed by atoms with van der Waals surface area (Å²) in [5, 5.41) is 6.24. The molecule has 2 N–H and O–H groups in total. The largest absolute Gasteiger partial charge is 0.348 e. The van der Waals surface area contributed by atoms with Crippen LogP contribution in [-0.4, -0.2) is 27.2 Å². The van der Waals surface area contributed by atoms with E-state index in [1.165, 1.54) is 0 Å². The van der Waals surface area contributed by atoms with Crippen molar-refractivity contribution in [3.8, 4) is 0 Å². The van der Waals surface area contributed by atoms with Gasteiger partial charge >= 0.3 is 0 Å². The lowest BCUT2D eigenvalue weighted by molar-refractivity contribution is 0.0936. The van der Waals surface area contributed by atoms with E-state index in [1.54, 1.807) is 40.9 Å². The summed E-state index contributed by atoms with van der Waals surface area (Å²) in [6.45, 7) is 5.80. The van der Waals surface area contributed by atoms with Crippen LogP contribution in [0.1, 0.15) is 46.9 Å². The SMILES string of the molecule is CCC(C)NC(=O)c1nc(C(=O)Nc2ccc(C)c(Cl)c2)n2ccccc12. The van der Waals surface area contributed by atoms with Crippen LogP contribution in [0.5, 0.6) is 0 Å². The molecule has 0 bridgehead atoms. The van der Waals surface area contributed by atoms with Crippen LogP contribution in [0.4, 0.5) is 5.69 Å². The van der Waals surface area contributed by atoms with Crippen LogP contribution >= 0.6 is 11.6 Å². The Morgan fingerprint density at radius 1 is 1.22 bits per heavy atom. The quantitative estimate of drug-likeness (QED) is 0.696. The Bertz CT molecular complexity index is 1010. The molecule has 2 aromatic heterocycles. The second kappa shape index (κ2) is 7.80. The third kappa shape index (κ3) is 3.95. The predicted octanol–water partition coefficient (Wildman–Crippen LogP) is 4.08. The highest BCUT2D eigenvalue weighted by Gasteiger charge is 2.22. The summed E-state index contributed by atoms with van der Waals surface area (Å²) in [5.41, 5.74) is 2.28. The highest BCUT2D eigenvalue weighted by molar-refractivity contribution is 6.31. The number of nitrogens with one attached hydrogen (secondary N) is 2. The van der Waals surface area contributed by atoms with Gasteiger partial charge in [-0.15, -0.1) is 0 Å². The number of imidazole rings is 1. The lowest BCUT2D eigenvalue weighted by Gasteiger charge is -2.09. The zero-order chi connectivity index (χ0) is 19.6. The first-order chi connectivity index (χ1) is 12.9. The Hall–Kier alpha value is -2.86. The minimum absolute atomic E-state index is 0.0185. The zero-order valence-electron chi connectivity index (χ0n) is 15.4. The number of nitrogens with zero attached hydrogens (tertiary/aromatic N) is 2. The summed E-state index contributed by atoms with van der Waals surface area (Å²) < 4.78 is 1.61. The third-order valence-electron chi connectivity index (χ3n) is 4.39. The molecule has 0 saturated carbocycles. The fourth-order valence-electron chi connectivity index (χ4n) is 2.62. The molecule has 6 nitrogen and oxygen atoms in total. The zero-order valence-corrected chi connectivity index (χ0v) is 16.2. The van der Waals surface area contributed by atoms with Crippen molar-refractivity contribution in [2.24, 2.45) is 0 Å². The minimum Gasteiger partial charge on any atom is -0.348 e. The fraction of sp³-hybridized carbons (Fsp3) is 0.250. The molecular formula is C20H21ClN4O2. The van der Waals surface area contributed by atoms with Crippen molar-refractivity contribution in [2.75, 3.05) is 5.32 Å². The van der Waals surface area contributed by atoms with Gasteiger partial charge in [-0.1, -0.05) is 30.7 Å². The van der Waals surface area contributed by atoms with E-state index in [9.17, 15) is 9.59 Å². The number of rotatable bonds is 5. The van der Waals surface area contributed by atoms with Crippen LogP contribution in [0.3, 0.4) is 0 Å². The number of aromatic nitrogens is 2. The first kappa shape index (κ1) is 18.9. The summed E-state index contributed by atoms with van der Waals surface area (Å²) >= 11 is 6.12. The van der Waals surface area contributed by atoms with E-state index in [4.69, 9.17) is 11.6 Å². The van der Waals surface area contributed by atoms with Crippen molar-refractivity contribution in [1.82, 2.24) is 14.7 Å². The van der Waals surface area contributed by atoms with Gasteiger partial charge in [-0.2, -0.15) is 0 Å². The molecule has 7 heteroatoms. The van der Waals surface area contributed by atoms with E-state index in [-0.39, 0.29) is 23.5 Å². The molecular weight excluding hydrogens is 364 g/mol. The predicted molar refractivity (Wildman–Crippen MR) is 107 cm³/mol. The number of fused-ring (bicyclic) bond motifs is 1. The molecule has 1 atom stereocenters. The van der Waals surface area contributed by atoms with Crippen molar-refractivity contribution >= 4 is 34.6 Å². The van der Waals surface area contributed by atoms with Gasteiger partial charge in [0.15, 0.2) is 5.69 Å². The molecule has 1 unspecified atom stereocenters. The first-order valence-corrected chi connectivity index (χ1v) is 9.14. The molecule has 1 aromatic carbocycles. The number of aryl methyl sites for hydroxylation is 1. The van der Waals surface area contributed by atoms with E-state index >= 15 is 0 Å². The number of amides is 2. The van der Waals surface area contributed by atoms with E-state index in [1.807, 2.05) is 26.8 Å². The molecule has 0 saturated heterocycles. The van der Waals surface area contributed by atoms with Crippen molar-refractivity contribution in [1.29, 1.82) is 0 Å². The molecule has 0 aliphatic rings. The second-order valence-electron chi connectivity index (χ2n) is 6.44. The van der Waals surface area contributed by atoms with E-state index in [2.05, 4.69) is 15.6 Å². The van der Waals surface area contributed by atoms with E-state index < -0.39 is 5.91 Å². The Labute approximate surface area is 162 Å². The van der Waals surface area contributed by atoms with E-state index in [0.717, 1.165) is 12.0 Å². The molecule has 3 rings (SSSR count). The van der Waals surface area contributed by atoms with Crippen LogP contribution in [-0.2, 0) is 0 Å². The molecule has 0 aliphatic heterocycles. The number of hydrogen-bond donors (Lipinski definition) is 2. The number of hydrogen-bond acceptors (Lipinski definition) is 3. The average molecular weight is 385 g/mol. The van der Waals surface area contributed by atoms with Crippen LogP contribution in [0.15, 0.2) is 42.6 Å². The Balaban J connectivity index is 1.95. The minimum atomic E-state index is -0.418. The van der Waals surface area contributed by atoms with Crippen LogP contribution in [0.2, 0.25) is 5.02 Å². The monoisotopic (exact) mass is 384 g/mol. The van der Waals surface area contributed by atoms with Gasteiger partial charge in [0.05, 0.1) is 5.52 Å². The number of carbonyl (C=O) groups is 2. The number of pyridine rings is 1. The summed E-state index contributed by atoms with van der Waals surface area (Å²) in [6.07, 6.45) is 2.51. The van der Waals surface area contributed by atoms with Crippen molar-refractivity contribution < 1.29 is 9.59 Å². The summed E-state index contributed by atoms with van der Waals surface area (Å²) in [5.74, 6) is -0.583. The lowest BCUT2D eigenvalue weighted by atomic mass is 10.2. The fourth-order valence-corrected chi connectivity index (χ4v) is 2.80. The van der Waals surface area contributed by atoms with Crippen LogP contribution in [0, 0.1) is 6.92 Å². The number of carbonyl (C=O) groups excluding carboxylic acids is 2. The van der Waals surface area contributed by atoms with E-state index in [0.29, 0.717) is 16.2 Å². The van der Waals surface area contributed by atoms with Gasteiger partial charge in [-0.25, -0.2) is 4.98 Å². The molecule has 0 fully saturated rings. The highest BCUT2D eigenvalue weighted by Crippen LogP contribution is 2.21. The molecule has 3 aromatic rings. The Morgan fingerprint density at radius 3 is 2.70 bits per heavy atom. The van der Waals surface area contributed by atoms with Gasteiger partial charge in [0.1, 0.15) is 0 Å². The number of anilines is 1. The van der Waals surface area contributed by atoms with Crippen molar-refractivity contribution in [3.05, 3.63) is 64.7 Å². The topological polar surface area (TPSA) is 75.5 Å². The van der Waals surface area contributed by atoms with Gasteiger partial charge in [-0.05, 0) is 50.1 Å². The molecule has 140 valence electrons. The maximum Gasteiger partial charge on any atom is 0.292 e. The molecule has 0 spiro atoms. The van der Waals surface area contributed by atoms with Crippen molar-refractivity contribution in [3.63, 3.8) is 0 Å². The smallest absolute Gasteiger partial charge is 0.292 e. The number of benzene rings is 1. The average Bonchev–Trinajstić information content (AvgIpc) is 3.04. The summed E-state index contributed by atoms with van der Waals surface area (Å²) in [7, 11) is 0. The second-order valence-corrected chi connectivity index (χ2v) is 6.85.